The van der Waals surface area contributed by atoms with Gasteiger partial charge in [0.2, 0.25) is 5.91 Å². The number of carbonyl (C=O) groups excluding carboxylic acids is 1. The van der Waals surface area contributed by atoms with E-state index in [-0.39, 0.29) is 11.8 Å². The zero-order valence-electron chi connectivity index (χ0n) is 14.0. The average molecular weight is 321 g/mol. The molecule has 23 heavy (non-hydrogen) atoms. The van der Waals surface area contributed by atoms with Gasteiger partial charge in [0.15, 0.2) is 0 Å². The van der Waals surface area contributed by atoms with Gasteiger partial charge in [-0.05, 0) is 30.9 Å². The molecule has 6 nitrogen and oxygen atoms in total. The molecule has 0 bridgehead atoms. The van der Waals surface area contributed by atoms with Gasteiger partial charge in [0.1, 0.15) is 0 Å². The summed E-state index contributed by atoms with van der Waals surface area (Å²) in [6.45, 7) is 4.84. The van der Waals surface area contributed by atoms with Gasteiger partial charge in [0.05, 0.1) is 24.4 Å². The SMILES string of the molecule is COCC[C@]1(O)CCN(CC(=O)NCc2ccccn2)C[C@H]1C. The number of nitrogens with zero attached hydrogens (tertiary/aromatic N) is 2. The Morgan fingerprint density at radius 2 is 2.39 bits per heavy atom. The second-order valence-electron chi connectivity index (χ2n) is 6.33. The van der Waals surface area contributed by atoms with Crippen LogP contribution in [0.2, 0.25) is 0 Å². The first kappa shape index (κ1) is 17.8. The standard InChI is InChI=1S/C17H27N3O3/c1-14-12-20(9-6-17(14,22)7-10-23-2)13-16(21)19-11-15-5-3-4-8-18-15/h3-5,8,14,22H,6-7,9-13H2,1-2H3,(H,19,21)/t14-,17-/m1/s1. The number of hydrogen-bond donors (Lipinski definition) is 2. The van der Waals surface area contributed by atoms with Crippen LogP contribution in [0.5, 0.6) is 0 Å². The van der Waals surface area contributed by atoms with E-state index in [1.165, 1.54) is 0 Å². The van der Waals surface area contributed by atoms with Crippen LogP contribution in [0.3, 0.4) is 0 Å². The Morgan fingerprint density at radius 3 is 3.04 bits per heavy atom. The third kappa shape index (κ3) is 5.27. The lowest BCUT2D eigenvalue weighted by Crippen LogP contribution is -2.53. The van der Waals surface area contributed by atoms with Crippen molar-refractivity contribution in [3.8, 4) is 0 Å². The molecule has 6 heteroatoms. The van der Waals surface area contributed by atoms with Crippen LogP contribution in [0.1, 0.15) is 25.5 Å². The van der Waals surface area contributed by atoms with E-state index in [4.69, 9.17) is 4.74 Å². The normalized spacial score (nSPS) is 25.3. The molecule has 1 aliphatic rings. The molecule has 2 rings (SSSR count). The molecule has 1 aliphatic heterocycles. The molecule has 2 atom stereocenters. The van der Waals surface area contributed by atoms with E-state index in [2.05, 4.69) is 15.2 Å². The van der Waals surface area contributed by atoms with Crippen molar-refractivity contribution in [2.24, 2.45) is 5.92 Å². The van der Waals surface area contributed by atoms with Gasteiger partial charge in [-0.2, -0.15) is 0 Å². The number of nitrogens with one attached hydrogen (secondary N) is 1. The van der Waals surface area contributed by atoms with Gasteiger partial charge in [-0.3, -0.25) is 14.7 Å². The maximum absolute atomic E-state index is 12.1. The summed E-state index contributed by atoms with van der Waals surface area (Å²) >= 11 is 0. The highest BCUT2D eigenvalue weighted by Gasteiger charge is 2.38. The Hall–Kier alpha value is -1.50. The Balaban J connectivity index is 1.75. The largest absolute Gasteiger partial charge is 0.389 e. The fraction of sp³-hybridized carbons (Fsp3) is 0.647. The van der Waals surface area contributed by atoms with Crippen molar-refractivity contribution in [2.45, 2.75) is 31.9 Å². The predicted molar refractivity (Wildman–Crippen MR) is 87.7 cm³/mol. The van der Waals surface area contributed by atoms with Gasteiger partial charge in [0.25, 0.3) is 0 Å². The Bertz CT molecular complexity index is 497. The lowest BCUT2D eigenvalue weighted by atomic mass is 9.80. The molecule has 0 aromatic carbocycles. The zero-order valence-corrected chi connectivity index (χ0v) is 14.0. The lowest BCUT2D eigenvalue weighted by molar-refractivity contribution is -0.125. The van der Waals surface area contributed by atoms with E-state index in [1.807, 2.05) is 25.1 Å². The van der Waals surface area contributed by atoms with Crippen LogP contribution in [0, 0.1) is 5.92 Å². The number of carbonyl (C=O) groups is 1. The molecule has 1 aromatic heterocycles. The fourth-order valence-corrected chi connectivity index (χ4v) is 2.99. The number of piperidine rings is 1. The summed E-state index contributed by atoms with van der Waals surface area (Å²) in [4.78, 5) is 18.3. The summed E-state index contributed by atoms with van der Waals surface area (Å²) < 4.78 is 5.08. The highest BCUT2D eigenvalue weighted by atomic mass is 16.5. The lowest BCUT2D eigenvalue weighted by Gasteiger charge is -2.43. The molecule has 1 saturated heterocycles. The molecular formula is C17H27N3O3. The first-order valence-corrected chi connectivity index (χ1v) is 8.14. The zero-order chi connectivity index (χ0) is 16.7. The summed E-state index contributed by atoms with van der Waals surface area (Å²) in [6.07, 6.45) is 3.03. The molecule has 0 unspecified atom stereocenters. The molecule has 0 radical (unpaired) electrons. The maximum atomic E-state index is 12.1. The molecule has 2 N–H and O–H groups in total. The molecule has 2 heterocycles. The summed E-state index contributed by atoms with van der Waals surface area (Å²) in [7, 11) is 1.65. The minimum absolute atomic E-state index is 0.00909. The number of hydrogen-bond acceptors (Lipinski definition) is 5. The first-order valence-electron chi connectivity index (χ1n) is 8.14. The van der Waals surface area contributed by atoms with E-state index in [0.29, 0.717) is 32.5 Å². The second kappa shape index (κ2) is 8.38. The van der Waals surface area contributed by atoms with Crippen molar-refractivity contribution in [3.05, 3.63) is 30.1 Å². The quantitative estimate of drug-likeness (QED) is 0.777. The van der Waals surface area contributed by atoms with E-state index < -0.39 is 5.60 Å². The molecule has 1 aromatic rings. The van der Waals surface area contributed by atoms with Crippen LogP contribution in [-0.4, -0.2) is 59.8 Å². The molecular weight excluding hydrogens is 294 g/mol. The van der Waals surface area contributed by atoms with Crippen LogP contribution in [0.15, 0.2) is 24.4 Å². The number of ether oxygens (including phenoxy) is 1. The minimum atomic E-state index is -0.684. The third-order valence-electron chi connectivity index (χ3n) is 4.61. The van der Waals surface area contributed by atoms with Crippen LogP contribution >= 0.6 is 0 Å². The van der Waals surface area contributed by atoms with Gasteiger partial charge < -0.3 is 15.2 Å². The topological polar surface area (TPSA) is 74.7 Å². The van der Waals surface area contributed by atoms with Gasteiger partial charge in [0, 0.05) is 33.0 Å². The predicted octanol–water partition coefficient (Wildman–Crippen LogP) is 0.807. The molecule has 0 aliphatic carbocycles. The van der Waals surface area contributed by atoms with Crippen molar-refractivity contribution in [1.29, 1.82) is 0 Å². The maximum Gasteiger partial charge on any atom is 0.234 e. The number of aromatic nitrogens is 1. The average Bonchev–Trinajstić information content (AvgIpc) is 2.56. The summed E-state index contributed by atoms with van der Waals surface area (Å²) in [5.74, 6) is 0.111. The number of likely N-dealkylation sites (tertiary alicyclic amines) is 1. The third-order valence-corrected chi connectivity index (χ3v) is 4.61. The summed E-state index contributed by atoms with van der Waals surface area (Å²) in [5.41, 5.74) is 0.165. The van der Waals surface area contributed by atoms with Gasteiger partial charge >= 0.3 is 0 Å². The summed E-state index contributed by atoms with van der Waals surface area (Å²) in [6, 6.07) is 5.64. The Morgan fingerprint density at radius 1 is 1.57 bits per heavy atom. The van der Waals surface area contributed by atoms with E-state index >= 15 is 0 Å². The molecule has 128 valence electrons. The first-order chi connectivity index (χ1) is 11.0. The van der Waals surface area contributed by atoms with Gasteiger partial charge in [-0.1, -0.05) is 13.0 Å². The van der Waals surface area contributed by atoms with E-state index in [9.17, 15) is 9.90 Å². The Labute approximate surface area is 137 Å². The van der Waals surface area contributed by atoms with Crippen molar-refractivity contribution >= 4 is 5.91 Å². The molecule has 0 spiro atoms. The number of pyridine rings is 1. The second-order valence-corrected chi connectivity index (χ2v) is 6.33. The van der Waals surface area contributed by atoms with Crippen LogP contribution < -0.4 is 5.32 Å². The number of amides is 1. The monoisotopic (exact) mass is 321 g/mol. The van der Waals surface area contributed by atoms with Gasteiger partial charge in [-0.15, -0.1) is 0 Å². The van der Waals surface area contributed by atoms with Crippen molar-refractivity contribution in [2.75, 3.05) is 33.4 Å². The molecule has 1 fully saturated rings. The smallest absolute Gasteiger partial charge is 0.234 e. The number of methoxy groups -OCH3 is 1. The van der Waals surface area contributed by atoms with Crippen LogP contribution in [0.25, 0.3) is 0 Å². The van der Waals surface area contributed by atoms with Crippen molar-refractivity contribution in [3.63, 3.8) is 0 Å². The van der Waals surface area contributed by atoms with Crippen molar-refractivity contribution < 1.29 is 14.6 Å². The number of aliphatic hydroxyl groups is 1. The van der Waals surface area contributed by atoms with Crippen LogP contribution in [-0.2, 0) is 16.1 Å². The fourth-order valence-electron chi connectivity index (χ4n) is 2.99. The summed E-state index contributed by atoms with van der Waals surface area (Å²) in [5, 5.41) is 13.5. The van der Waals surface area contributed by atoms with Crippen LogP contribution in [0.4, 0.5) is 0 Å². The minimum Gasteiger partial charge on any atom is -0.389 e. The van der Waals surface area contributed by atoms with E-state index in [1.54, 1.807) is 13.3 Å². The highest BCUT2D eigenvalue weighted by molar-refractivity contribution is 5.77. The molecule has 1 amide bonds. The Kier molecular flexibility index (Phi) is 6.50. The van der Waals surface area contributed by atoms with Gasteiger partial charge in [-0.25, -0.2) is 0 Å². The number of rotatable bonds is 7. The highest BCUT2D eigenvalue weighted by Crippen LogP contribution is 2.30. The van der Waals surface area contributed by atoms with Crippen molar-refractivity contribution in [1.82, 2.24) is 15.2 Å². The molecule has 0 saturated carbocycles. The van der Waals surface area contributed by atoms with E-state index in [0.717, 1.165) is 18.8 Å².